The SMILES string of the molecule is C=C(C)C(=O)OCc1c(C)nc(C)n1Cc1ccccc1. The van der Waals surface area contributed by atoms with Gasteiger partial charge in [-0.2, -0.15) is 0 Å². The predicted molar refractivity (Wildman–Crippen MR) is 81.9 cm³/mol. The number of hydrogen-bond acceptors (Lipinski definition) is 3. The maximum atomic E-state index is 11.6. The van der Waals surface area contributed by atoms with Crippen LogP contribution in [0.5, 0.6) is 0 Å². The number of aromatic nitrogens is 2. The van der Waals surface area contributed by atoms with Crippen molar-refractivity contribution in [1.29, 1.82) is 0 Å². The van der Waals surface area contributed by atoms with E-state index in [1.54, 1.807) is 6.92 Å². The maximum Gasteiger partial charge on any atom is 0.333 e. The molecule has 1 aromatic heterocycles. The fourth-order valence-electron chi connectivity index (χ4n) is 2.17. The zero-order chi connectivity index (χ0) is 15.4. The van der Waals surface area contributed by atoms with E-state index in [2.05, 4.69) is 28.3 Å². The predicted octanol–water partition coefficient (Wildman–Crippen LogP) is 3.17. The van der Waals surface area contributed by atoms with Gasteiger partial charge in [-0.1, -0.05) is 36.9 Å². The third-order valence-electron chi connectivity index (χ3n) is 3.34. The van der Waals surface area contributed by atoms with Gasteiger partial charge in [-0.3, -0.25) is 0 Å². The van der Waals surface area contributed by atoms with Gasteiger partial charge in [0.15, 0.2) is 0 Å². The van der Waals surface area contributed by atoms with Crippen LogP contribution < -0.4 is 0 Å². The smallest absolute Gasteiger partial charge is 0.333 e. The first kappa shape index (κ1) is 15.0. The summed E-state index contributed by atoms with van der Waals surface area (Å²) < 4.78 is 7.34. The second-order valence-corrected chi connectivity index (χ2v) is 5.12. The number of rotatable bonds is 5. The van der Waals surface area contributed by atoms with Crippen LogP contribution in [0, 0.1) is 13.8 Å². The minimum Gasteiger partial charge on any atom is -0.456 e. The van der Waals surface area contributed by atoms with Gasteiger partial charge in [0.25, 0.3) is 0 Å². The van der Waals surface area contributed by atoms with E-state index in [-0.39, 0.29) is 12.6 Å². The second kappa shape index (κ2) is 6.39. The largest absolute Gasteiger partial charge is 0.456 e. The molecule has 0 aliphatic rings. The molecule has 0 saturated heterocycles. The summed E-state index contributed by atoms with van der Waals surface area (Å²) in [7, 11) is 0. The van der Waals surface area contributed by atoms with E-state index in [0.717, 1.165) is 17.2 Å². The van der Waals surface area contributed by atoms with Gasteiger partial charge in [0.05, 0.1) is 11.4 Å². The van der Waals surface area contributed by atoms with Crippen molar-refractivity contribution < 1.29 is 9.53 Å². The van der Waals surface area contributed by atoms with Crippen LogP contribution in [-0.2, 0) is 22.7 Å². The van der Waals surface area contributed by atoms with Crippen LogP contribution >= 0.6 is 0 Å². The summed E-state index contributed by atoms with van der Waals surface area (Å²) in [6.45, 7) is 10.0. The Labute approximate surface area is 125 Å². The Balaban J connectivity index is 2.21. The van der Waals surface area contributed by atoms with E-state index in [9.17, 15) is 4.79 Å². The van der Waals surface area contributed by atoms with E-state index < -0.39 is 0 Å². The van der Waals surface area contributed by atoms with Gasteiger partial charge in [0.1, 0.15) is 12.4 Å². The molecular weight excluding hydrogens is 264 g/mol. The van der Waals surface area contributed by atoms with Crippen LogP contribution in [-0.4, -0.2) is 15.5 Å². The van der Waals surface area contributed by atoms with Crippen molar-refractivity contribution >= 4 is 5.97 Å². The molecule has 0 fully saturated rings. The standard InChI is InChI=1S/C17H20N2O2/c1-12(2)17(20)21-11-16-13(3)18-14(4)19(16)10-15-8-6-5-7-9-15/h5-9H,1,10-11H2,2-4H3. The number of carbonyl (C=O) groups excluding carboxylic acids is 1. The highest BCUT2D eigenvalue weighted by Crippen LogP contribution is 2.15. The molecule has 1 heterocycles. The Bertz CT molecular complexity index is 657. The number of nitrogens with zero attached hydrogens (tertiary/aromatic N) is 2. The number of esters is 1. The lowest BCUT2D eigenvalue weighted by molar-refractivity contribution is -0.140. The van der Waals surface area contributed by atoms with E-state index in [0.29, 0.717) is 12.1 Å². The monoisotopic (exact) mass is 284 g/mol. The minimum atomic E-state index is -0.375. The molecule has 21 heavy (non-hydrogen) atoms. The van der Waals surface area contributed by atoms with Gasteiger partial charge in [-0.15, -0.1) is 0 Å². The number of benzene rings is 1. The van der Waals surface area contributed by atoms with Crippen molar-refractivity contribution in [1.82, 2.24) is 9.55 Å². The van der Waals surface area contributed by atoms with Crippen LogP contribution in [0.15, 0.2) is 42.5 Å². The van der Waals surface area contributed by atoms with Crippen molar-refractivity contribution in [2.45, 2.75) is 33.9 Å². The number of aryl methyl sites for hydroxylation is 2. The average Bonchev–Trinajstić information content (AvgIpc) is 2.71. The minimum absolute atomic E-state index is 0.213. The molecule has 0 spiro atoms. The fraction of sp³-hybridized carbons (Fsp3) is 0.294. The van der Waals surface area contributed by atoms with Gasteiger partial charge in [-0.05, 0) is 26.3 Å². The highest BCUT2D eigenvalue weighted by atomic mass is 16.5. The summed E-state index contributed by atoms with van der Waals surface area (Å²) in [5.74, 6) is 0.539. The number of imidazole rings is 1. The van der Waals surface area contributed by atoms with E-state index in [4.69, 9.17) is 4.74 Å². The fourth-order valence-corrected chi connectivity index (χ4v) is 2.17. The van der Waals surface area contributed by atoms with Crippen LogP contribution in [0.4, 0.5) is 0 Å². The van der Waals surface area contributed by atoms with Gasteiger partial charge in [-0.25, -0.2) is 9.78 Å². The normalized spacial score (nSPS) is 10.4. The average molecular weight is 284 g/mol. The van der Waals surface area contributed by atoms with Crippen molar-refractivity contribution in [3.8, 4) is 0 Å². The summed E-state index contributed by atoms with van der Waals surface area (Å²) in [4.78, 5) is 16.0. The second-order valence-electron chi connectivity index (χ2n) is 5.12. The summed E-state index contributed by atoms with van der Waals surface area (Å²) in [6.07, 6.45) is 0. The van der Waals surface area contributed by atoms with Gasteiger partial charge < -0.3 is 9.30 Å². The molecule has 110 valence electrons. The molecule has 0 atom stereocenters. The summed E-state index contributed by atoms with van der Waals surface area (Å²) in [5, 5.41) is 0. The molecule has 0 aliphatic carbocycles. The van der Waals surface area contributed by atoms with E-state index in [1.165, 1.54) is 5.56 Å². The highest BCUT2D eigenvalue weighted by Gasteiger charge is 2.14. The molecule has 4 nitrogen and oxygen atoms in total. The number of carbonyl (C=O) groups is 1. The number of hydrogen-bond donors (Lipinski definition) is 0. The lowest BCUT2D eigenvalue weighted by atomic mass is 10.2. The zero-order valence-electron chi connectivity index (χ0n) is 12.7. The molecular formula is C17H20N2O2. The molecule has 0 bridgehead atoms. The lowest BCUT2D eigenvalue weighted by Crippen LogP contribution is -2.11. The molecule has 0 amide bonds. The van der Waals surface area contributed by atoms with Crippen LogP contribution in [0.3, 0.4) is 0 Å². The number of ether oxygens (including phenoxy) is 1. The van der Waals surface area contributed by atoms with E-state index >= 15 is 0 Å². The molecule has 2 rings (SSSR count). The molecule has 0 N–H and O–H groups in total. The molecule has 0 radical (unpaired) electrons. The van der Waals surface area contributed by atoms with Crippen molar-refractivity contribution in [3.63, 3.8) is 0 Å². The van der Waals surface area contributed by atoms with Crippen LogP contribution in [0.25, 0.3) is 0 Å². The summed E-state index contributed by atoms with van der Waals surface area (Å²) in [5.41, 5.74) is 3.40. The lowest BCUT2D eigenvalue weighted by Gasteiger charge is -2.11. The zero-order valence-corrected chi connectivity index (χ0v) is 12.7. The molecule has 0 aliphatic heterocycles. The van der Waals surface area contributed by atoms with Gasteiger partial charge in [0, 0.05) is 12.1 Å². The molecule has 0 unspecified atom stereocenters. The molecule has 1 aromatic carbocycles. The summed E-state index contributed by atoms with van der Waals surface area (Å²) in [6, 6.07) is 10.1. The molecule has 4 heteroatoms. The first-order valence-corrected chi connectivity index (χ1v) is 6.88. The Morgan fingerprint density at radius 2 is 1.95 bits per heavy atom. The van der Waals surface area contributed by atoms with Crippen molar-refractivity contribution in [2.24, 2.45) is 0 Å². The van der Waals surface area contributed by atoms with Crippen LogP contribution in [0.2, 0.25) is 0 Å². The molecule has 2 aromatic rings. The van der Waals surface area contributed by atoms with E-state index in [1.807, 2.05) is 32.0 Å². The Kier molecular flexibility index (Phi) is 4.58. The Hall–Kier alpha value is -2.36. The highest BCUT2D eigenvalue weighted by molar-refractivity contribution is 5.86. The van der Waals surface area contributed by atoms with Crippen molar-refractivity contribution in [3.05, 3.63) is 65.3 Å². The first-order valence-electron chi connectivity index (χ1n) is 6.88. The Morgan fingerprint density at radius 3 is 2.57 bits per heavy atom. The van der Waals surface area contributed by atoms with Crippen molar-refractivity contribution in [2.75, 3.05) is 0 Å². The first-order chi connectivity index (χ1) is 9.99. The summed E-state index contributed by atoms with van der Waals surface area (Å²) >= 11 is 0. The topological polar surface area (TPSA) is 44.1 Å². The quantitative estimate of drug-likeness (QED) is 0.625. The van der Waals surface area contributed by atoms with Gasteiger partial charge >= 0.3 is 5.97 Å². The Morgan fingerprint density at radius 1 is 1.29 bits per heavy atom. The third-order valence-corrected chi connectivity index (χ3v) is 3.34. The maximum absolute atomic E-state index is 11.6. The van der Waals surface area contributed by atoms with Gasteiger partial charge in [0.2, 0.25) is 0 Å². The molecule has 0 saturated carbocycles. The third kappa shape index (κ3) is 3.60. The van der Waals surface area contributed by atoms with Crippen LogP contribution in [0.1, 0.15) is 29.7 Å².